The Morgan fingerprint density at radius 2 is 1.91 bits per heavy atom. The first kappa shape index (κ1) is 17.6. The molecule has 0 saturated heterocycles. The van der Waals surface area contributed by atoms with Gasteiger partial charge in [0.25, 0.3) is 5.91 Å². The molecule has 1 amide bonds. The van der Waals surface area contributed by atoms with Gasteiger partial charge in [0.05, 0.1) is 12.7 Å². The zero-order valence-corrected chi connectivity index (χ0v) is 15.0. The number of nitrogens with zero attached hydrogens (tertiary/aromatic N) is 1. The van der Waals surface area contributed by atoms with Gasteiger partial charge in [-0.3, -0.25) is 4.79 Å². The summed E-state index contributed by atoms with van der Waals surface area (Å²) in [5, 5.41) is 0. The number of H-pyrrole nitrogens is 1. The van der Waals surface area contributed by atoms with E-state index in [4.69, 9.17) is 4.74 Å². The number of carbonyl (C=O) groups is 2. The number of aromatic nitrogens is 1. The van der Waals surface area contributed by atoms with Gasteiger partial charge in [-0.25, -0.2) is 4.79 Å². The molecule has 1 unspecified atom stereocenters. The Hall–Kier alpha value is -1.78. The Bertz CT molecular complexity index is 600. The summed E-state index contributed by atoms with van der Waals surface area (Å²) >= 11 is 0. The van der Waals surface area contributed by atoms with E-state index in [1.807, 2.05) is 18.7 Å². The normalized spacial score (nSPS) is 15.6. The van der Waals surface area contributed by atoms with Gasteiger partial charge in [0, 0.05) is 17.8 Å². The van der Waals surface area contributed by atoms with Gasteiger partial charge in [-0.2, -0.15) is 0 Å². The Kier molecular flexibility index (Phi) is 5.17. The molecule has 2 rings (SSSR count). The number of aromatic amines is 1. The second-order valence-electron chi connectivity index (χ2n) is 6.75. The maximum absolute atomic E-state index is 13.1. The maximum Gasteiger partial charge on any atom is 0.339 e. The molecular formula is C18H28N2O3. The summed E-state index contributed by atoms with van der Waals surface area (Å²) in [6, 6.07) is 0.499. The van der Waals surface area contributed by atoms with Gasteiger partial charge in [-0.15, -0.1) is 0 Å². The number of methoxy groups -OCH3 is 1. The Balaban J connectivity index is 2.42. The van der Waals surface area contributed by atoms with E-state index >= 15 is 0 Å². The number of esters is 1. The molecule has 1 aliphatic carbocycles. The Morgan fingerprint density at radius 1 is 1.30 bits per heavy atom. The molecule has 0 spiro atoms. The van der Waals surface area contributed by atoms with Crippen LogP contribution in [-0.4, -0.2) is 41.0 Å². The molecule has 0 bridgehead atoms. The monoisotopic (exact) mass is 320 g/mol. The number of nitrogens with one attached hydrogen (secondary N) is 1. The Labute approximate surface area is 138 Å². The van der Waals surface area contributed by atoms with Gasteiger partial charge < -0.3 is 14.6 Å². The van der Waals surface area contributed by atoms with Crippen LogP contribution in [-0.2, 0) is 11.2 Å². The van der Waals surface area contributed by atoms with Gasteiger partial charge in [0.1, 0.15) is 5.69 Å². The van der Waals surface area contributed by atoms with E-state index in [1.54, 1.807) is 0 Å². The molecule has 1 aromatic rings. The van der Waals surface area contributed by atoms with Crippen LogP contribution < -0.4 is 0 Å². The highest BCUT2D eigenvalue weighted by molar-refractivity contribution is 6.00. The number of hydrogen-bond acceptors (Lipinski definition) is 3. The fourth-order valence-electron chi connectivity index (χ4n) is 3.00. The number of ether oxygens (including phenoxy) is 1. The average Bonchev–Trinajstić information content (AvgIpc) is 3.29. The highest BCUT2D eigenvalue weighted by Gasteiger charge is 2.38. The maximum atomic E-state index is 13.1. The van der Waals surface area contributed by atoms with Crippen LogP contribution in [0.15, 0.2) is 0 Å². The SMILES string of the molecule is CCc1[nH]c(C(=O)N(C2CC2)C(C)C(C)C)c(C)c1C(=O)OC. The van der Waals surface area contributed by atoms with Crippen molar-refractivity contribution >= 4 is 11.9 Å². The zero-order chi connectivity index (χ0) is 17.3. The first-order valence-electron chi connectivity index (χ1n) is 8.45. The predicted octanol–water partition coefficient (Wildman–Crippen LogP) is 3.32. The van der Waals surface area contributed by atoms with Crippen molar-refractivity contribution in [2.45, 2.75) is 66.0 Å². The molecule has 1 saturated carbocycles. The molecule has 5 heteroatoms. The third-order valence-corrected chi connectivity index (χ3v) is 4.86. The molecule has 1 atom stereocenters. The third kappa shape index (κ3) is 3.28. The fraction of sp³-hybridized carbons (Fsp3) is 0.667. The summed E-state index contributed by atoms with van der Waals surface area (Å²) in [7, 11) is 1.37. The van der Waals surface area contributed by atoms with Crippen molar-refractivity contribution in [3.63, 3.8) is 0 Å². The van der Waals surface area contributed by atoms with Gasteiger partial charge in [0.2, 0.25) is 0 Å². The van der Waals surface area contributed by atoms with E-state index in [0.29, 0.717) is 35.2 Å². The summed E-state index contributed by atoms with van der Waals surface area (Å²) < 4.78 is 4.87. The lowest BCUT2D eigenvalue weighted by Crippen LogP contribution is -2.43. The highest BCUT2D eigenvalue weighted by Crippen LogP contribution is 2.33. The molecule has 0 aromatic carbocycles. The van der Waals surface area contributed by atoms with Crippen molar-refractivity contribution in [2.75, 3.05) is 7.11 Å². The molecule has 1 fully saturated rings. The quantitative estimate of drug-likeness (QED) is 0.818. The standard InChI is InChI=1S/C18H28N2O3/c1-7-14-15(18(22)23-6)11(4)16(19-14)17(21)20(13-8-9-13)12(5)10(2)3/h10,12-13,19H,7-9H2,1-6H3. The van der Waals surface area contributed by atoms with Crippen LogP contribution in [0.5, 0.6) is 0 Å². The van der Waals surface area contributed by atoms with Gasteiger partial charge in [-0.1, -0.05) is 20.8 Å². The van der Waals surface area contributed by atoms with Crippen LogP contribution in [0.2, 0.25) is 0 Å². The molecule has 1 aromatic heterocycles. The van der Waals surface area contributed by atoms with Crippen molar-refractivity contribution in [3.05, 3.63) is 22.5 Å². The third-order valence-electron chi connectivity index (χ3n) is 4.86. The van der Waals surface area contributed by atoms with Crippen molar-refractivity contribution < 1.29 is 14.3 Å². The van der Waals surface area contributed by atoms with E-state index in [9.17, 15) is 9.59 Å². The number of hydrogen-bond donors (Lipinski definition) is 1. The van der Waals surface area contributed by atoms with Gasteiger partial charge >= 0.3 is 5.97 Å². The van der Waals surface area contributed by atoms with Crippen LogP contribution in [0, 0.1) is 12.8 Å². The van der Waals surface area contributed by atoms with Crippen LogP contribution in [0.1, 0.15) is 72.6 Å². The summed E-state index contributed by atoms with van der Waals surface area (Å²) in [4.78, 5) is 30.3. The lowest BCUT2D eigenvalue weighted by molar-refractivity contribution is 0.0598. The van der Waals surface area contributed by atoms with E-state index in [-0.39, 0.29) is 17.9 Å². The van der Waals surface area contributed by atoms with Crippen molar-refractivity contribution in [1.82, 2.24) is 9.88 Å². The van der Waals surface area contributed by atoms with E-state index < -0.39 is 0 Å². The molecule has 0 radical (unpaired) electrons. The highest BCUT2D eigenvalue weighted by atomic mass is 16.5. The van der Waals surface area contributed by atoms with E-state index in [2.05, 4.69) is 25.8 Å². The lowest BCUT2D eigenvalue weighted by Gasteiger charge is -2.32. The van der Waals surface area contributed by atoms with Crippen LogP contribution >= 0.6 is 0 Å². The van der Waals surface area contributed by atoms with Crippen LogP contribution in [0.3, 0.4) is 0 Å². The second kappa shape index (κ2) is 6.77. The van der Waals surface area contributed by atoms with Crippen LogP contribution in [0.25, 0.3) is 0 Å². The molecule has 5 nitrogen and oxygen atoms in total. The second-order valence-corrected chi connectivity index (χ2v) is 6.75. The molecule has 128 valence electrons. The minimum Gasteiger partial charge on any atom is -0.465 e. The molecule has 23 heavy (non-hydrogen) atoms. The first-order chi connectivity index (χ1) is 10.8. The number of rotatable bonds is 6. The molecule has 1 heterocycles. The van der Waals surface area contributed by atoms with Gasteiger partial charge in [-0.05, 0) is 44.6 Å². The number of aryl methyl sites for hydroxylation is 1. The molecular weight excluding hydrogens is 292 g/mol. The summed E-state index contributed by atoms with van der Waals surface area (Å²) in [6.07, 6.45) is 2.78. The van der Waals surface area contributed by atoms with E-state index in [0.717, 1.165) is 18.5 Å². The minimum absolute atomic E-state index is 0.00365. The molecule has 1 aliphatic rings. The summed E-state index contributed by atoms with van der Waals surface area (Å²) in [6.45, 7) is 10.1. The van der Waals surface area contributed by atoms with Gasteiger partial charge in [0.15, 0.2) is 0 Å². The average molecular weight is 320 g/mol. The minimum atomic E-state index is -0.385. The molecule has 0 aliphatic heterocycles. The number of amides is 1. The van der Waals surface area contributed by atoms with Crippen molar-refractivity contribution in [2.24, 2.45) is 5.92 Å². The van der Waals surface area contributed by atoms with E-state index in [1.165, 1.54) is 7.11 Å². The van der Waals surface area contributed by atoms with Crippen molar-refractivity contribution in [1.29, 1.82) is 0 Å². The number of carbonyl (C=O) groups excluding carboxylic acids is 2. The van der Waals surface area contributed by atoms with Crippen molar-refractivity contribution in [3.8, 4) is 0 Å². The fourth-order valence-corrected chi connectivity index (χ4v) is 3.00. The predicted molar refractivity (Wildman–Crippen MR) is 89.7 cm³/mol. The summed E-state index contributed by atoms with van der Waals surface area (Å²) in [5.74, 6) is 0.00104. The first-order valence-corrected chi connectivity index (χ1v) is 8.45. The zero-order valence-electron chi connectivity index (χ0n) is 15.0. The smallest absolute Gasteiger partial charge is 0.339 e. The topological polar surface area (TPSA) is 62.4 Å². The summed E-state index contributed by atoms with van der Waals surface area (Å²) in [5.41, 5.74) is 2.50. The van der Waals surface area contributed by atoms with Crippen LogP contribution in [0.4, 0.5) is 0 Å². The molecule has 1 N–H and O–H groups in total. The largest absolute Gasteiger partial charge is 0.465 e. The lowest BCUT2D eigenvalue weighted by atomic mass is 10.0. The Morgan fingerprint density at radius 3 is 2.35 bits per heavy atom.